The number of rotatable bonds is 9. The standard InChI is InChI=1S/C26H32N4OS/c1-7-18(4)26(29-22-12-11-21(16-27)24(31)15-22)28-14-13-20(6)30-32-25-19(5)9-8-10-23(25)17(2)3/h8-15,17,29-31H,7H2,1-6H3/b20-13+,26-18?,28-14-. The predicted octanol–water partition coefficient (Wildman–Crippen LogP) is 7.02. The lowest BCUT2D eigenvalue weighted by molar-refractivity contribution is 0.474. The Morgan fingerprint density at radius 1 is 1.25 bits per heavy atom. The lowest BCUT2D eigenvalue weighted by Gasteiger charge is -2.15. The van der Waals surface area contributed by atoms with E-state index in [0.29, 0.717) is 17.4 Å². The van der Waals surface area contributed by atoms with Crippen molar-refractivity contribution in [3.63, 3.8) is 0 Å². The quantitative estimate of drug-likeness (QED) is 0.284. The van der Waals surface area contributed by atoms with Crippen LogP contribution in [0.1, 0.15) is 63.6 Å². The zero-order valence-electron chi connectivity index (χ0n) is 19.7. The zero-order chi connectivity index (χ0) is 23.7. The van der Waals surface area contributed by atoms with Crippen molar-refractivity contribution in [3.05, 3.63) is 76.3 Å². The number of hydrogen-bond donors (Lipinski definition) is 3. The molecule has 3 N–H and O–H groups in total. The van der Waals surface area contributed by atoms with Gasteiger partial charge in [0.05, 0.1) is 5.56 Å². The second kappa shape index (κ2) is 12.0. The molecule has 0 unspecified atom stereocenters. The van der Waals surface area contributed by atoms with Crippen molar-refractivity contribution in [2.45, 2.75) is 58.8 Å². The second-order valence-corrected chi connectivity index (χ2v) is 8.75. The van der Waals surface area contributed by atoms with Crippen molar-refractivity contribution in [3.8, 4) is 11.8 Å². The SMILES string of the molecule is CCC(C)=C(/N=C\C=C(/C)NSc1c(C)cccc1C(C)C)Nc1ccc(C#N)c(O)c1. The fourth-order valence-corrected chi connectivity index (χ4v) is 3.90. The van der Waals surface area contributed by atoms with Crippen LogP contribution in [-0.4, -0.2) is 11.3 Å². The van der Waals surface area contributed by atoms with Crippen LogP contribution < -0.4 is 10.0 Å². The van der Waals surface area contributed by atoms with E-state index in [1.165, 1.54) is 22.1 Å². The minimum atomic E-state index is -0.0519. The molecule has 0 aromatic heterocycles. The van der Waals surface area contributed by atoms with Crippen LogP contribution in [-0.2, 0) is 0 Å². The van der Waals surface area contributed by atoms with E-state index in [1.54, 1.807) is 30.3 Å². The molecule has 0 radical (unpaired) electrons. The van der Waals surface area contributed by atoms with Gasteiger partial charge in [-0.25, -0.2) is 4.99 Å². The number of aryl methyl sites for hydroxylation is 1. The number of hydrogen-bond acceptors (Lipinski definition) is 6. The molecule has 0 spiro atoms. The fraction of sp³-hybridized carbons (Fsp3) is 0.308. The molecule has 0 aliphatic carbocycles. The van der Waals surface area contributed by atoms with E-state index in [-0.39, 0.29) is 11.3 Å². The number of allylic oxidation sites excluding steroid dienone is 3. The summed E-state index contributed by atoms with van der Waals surface area (Å²) >= 11 is 1.63. The molecule has 0 saturated carbocycles. The molecule has 5 nitrogen and oxygen atoms in total. The molecule has 0 aliphatic heterocycles. The Hall–Kier alpha value is -3.17. The van der Waals surface area contributed by atoms with Crippen LogP contribution in [0.2, 0.25) is 0 Å². The maximum absolute atomic E-state index is 9.94. The first-order valence-corrected chi connectivity index (χ1v) is 11.5. The van der Waals surface area contributed by atoms with Gasteiger partial charge in [0, 0.05) is 28.6 Å². The molecule has 6 heteroatoms. The molecular formula is C26H32N4OS. The molecule has 2 rings (SSSR count). The lowest BCUT2D eigenvalue weighted by atomic mass is 10.0. The summed E-state index contributed by atoms with van der Waals surface area (Å²) in [5.74, 6) is 1.13. The minimum absolute atomic E-state index is 0.0519. The second-order valence-electron chi connectivity index (χ2n) is 7.93. The summed E-state index contributed by atoms with van der Waals surface area (Å²) in [6, 6.07) is 13.2. The van der Waals surface area contributed by atoms with Gasteiger partial charge < -0.3 is 15.1 Å². The molecule has 168 valence electrons. The largest absolute Gasteiger partial charge is 0.506 e. The van der Waals surface area contributed by atoms with Crippen molar-refractivity contribution >= 4 is 23.8 Å². The van der Waals surface area contributed by atoms with Crippen molar-refractivity contribution in [1.29, 1.82) is 5.26 Å². The topological polar surface area (TPSA) is 80.4 Å². The Kier molecular flexibility index (Phi) is 9.42. The monoisotopic (exact) mass is 448 g/mol. The lowest BCUT2D eigenvalue weighted by Crippen LogP contribution is -2.04. The fourth-order valence-electron chi connectivity index (χ4n) is 2.92. The normalized spacial score (nSPS) is 12.6. The maximum Gasteiger partial charge on any atom is 0.135 e. The van der Waals surface area contributed by atoms with E-state index in [0.717, 1.165) is 17.7 Å². The van der Waals surface area contributed by atoms with Crippen molar-refractivity contribution in [1.82, 2.24) is 4.72 Å². The van der Waals surface area contributed by atoms with Crippen molar-refractivity contribution in [2.75, 3.05) is 5.32 Å². The van der Waals surface area contributed by atoms with Gasteiger partial charge in [0.25, 0.3) is 0 Å². The Bertz CT molecular complexity index is 1080. The van der Waals surface area contributed by atoms with Gasteiger partial charge in [0.2, 0.25) is 0 Å². The summed E-state index contributed by atoms with van der Waals surface area (Å²) in [6.07, 6.45) is 4.53. The molecule has 0 bridgehead atoms. The summed E-state index contributed by atoms with van der Waals surface area (Å²) in [6.45, 7) is 12.6. The molecule has 0 aliphatic rings. The Balaban J connectivity index is 2.12. The summed E-state index contributed by atoms with van der Waals surface area (Å²) in [7, 11) is 0. The van der Waals surface area contributed by atoms with E-state index in [2.05, 4.69) is 60.9 Å². The highest BCUT2D eigenvalue weighted by atomic mass is 32.2. The number of anilines is 1. The molecule has 0 saturated heterocycles. The molecule has 0 fully saturated rings. The number of phenolic OH excluding ortho intramolecular Hbond substituents is 1. The number of phenols is 1. The van der Waals surface area contributed by atoms with Crippen LogP contribution in [0, 0.1) is 18.3 Å². The maximum atomic E-state index is 9.94. The number of nitriles is 1. The summed E-state index contributed by atoms with van der Waals surface area (Å²) in [5, 5.41) is 22.2. The van der Waals surface area contributed by atoms with Gasteiger partial charge in [-0.1, -0.05) is 39.0 Å². The first-order chi connectivity index (χ1) is 15.3. The van der Waals surface area contributed by atoms with Crippen LogP contribution >= 0.6 is 11.9 Å². The molecule has 2 aromatic carbocycles. The molecule has 2 aromatic rings. The number of aliphatic imine (C=N–C) groups is 1. The number of aromatic hydroxyl groups is 1. The number of nitrogens with zero attached hydrogens (tertiary/aromatic N) is 2. The van der Waals surface area contributed by atoms with Gasteiger partial charge in [-0.2, -0.15) is 5.26 Å². The van der Waals surface area contributed by atoms with Crippen molar-refractivity contribution < 1.29 is 5.11 Å². The third-order valence-corrected chi connectivity index (χ3v) is 6.21. The molecule has 0 heterocycles. The van der Waals surface area contributed by atoms with Crippen molar-refractivity contribution in [2.24, 2.45) is 4.99 Å². The minimum Gasteiger partial charge on any atom is -0.506 e. The van der Waals surface area contributed by atoms with Gasteiger partial charge in [0.1, 0.15) is 17.6 Å². The van der Waals surface area contributed by atoms with Gasteiger partial charge in [0.15, 0.2) is 0 Å². The third-order valence-electron chi connectivity index (χ3n) is 5.02. The van der Waals surface area contributed by atoms with Crippen LogP contribution in [0.25, 0.3) is 0 Å². The highest BCUT2D eigenvalue weighted by Gasteiger charge is 2.09. The third kappa shape index (κ3) is 6.93. The molecule has 0 amide bonds. The van der Waals surface area contributed by atoms with E-state index in [9.17, 15) is 5.11 Å². The van der Waals surface area contributed by atoms with E-state index in [4.69, 9.17) is 5.26 Å². The predicted molar refractivity (Wildman–Crippen MR) is 136 cm³/mol. The smallest absolute Gasteiger partial charge is 0.135 e. The Labute approximate surface area is 196 Å². The zero-order valence-corrected chi connectivity index (χ0v) is 20.5. The highest BCUT2D eigenvalue weighted by molar-refractivity contribution is 7.97. The van der Waals surface area contributed by atoms with Gasteiger partial charge in [-0.3, -0.25) is 0 Å². The van der Waals surface area contributed by atoms with Gasteiger partial charge in [-0.15, -0.1) is 0 Å². The van der Waals surface area contributed by atoms with Crippen LogP contribution in [0.5, 0.6) is 5.75 Å². The molecular weight excluding hydrogens is 416 g/mol. The first-order valence-electron chi connectivity index (χ1n) is 10.7. The molecule has 0 atom stereocenters. The van der Waals surface area contributed by atoms with E-state index in [1.807, 2.05) is 26.0 Å². The summed E-state index contributed by atoms with van der Waals surface area (Å²) in [5.41, 5.74) is 5.59. The van der Waals surface area contributed by atoms with Gasteiger partial charge >= 0.3 is 0 Å². The average Bonchev–Trinajstić information content (AvgIpc) is 2.76. The Morgan fingerprint density at radius 3 is 2.62 bits per heavy atom. The number of nitrogens with one attached hydrogen (secondary N) is 2. The van der Waals surface area contributed by atoms with Crippen LogP contribution in [0.15, 0.2) is 69.5 Å². The summed E-state index contributed by atoms with van der Waals surface area (Å²) < 4.78 is 3.41. The number of benzene rings is 2. The summed E-state index contributed by atoms with van der Waals surface area (Å²) in [4.78, 5) is 5.85. The van der Waals surface area contributed by atoms with Crippen LogP contribution in [0.4, 0.5) is 5.69 Å². The van der Waals surface area contributed by atoms with E-state index < -0.39 is 0 Å². The van der Waals surface area contributed by atoms with E-state index >= 15 is 0 Å². The molecule has 32 heavy (non-hydrogen) atoms. The first kappa shape index (κ1) is 25.1. The Morgan fingerprint density at radius 2 is 2.00 bits per heavy atom. The highest BCUT2D eigenvalue weighted by Crippen LogP contribution is 2.30. The van der Waals surface area contributed by atoms with Gasteiger partial charge in [-0.05, 0) is 80.0 Å². The average molecular weight is 449 g/mol. The van der Waals surface area contributed by atoms with Crippen LogP contribution in [0.3, 0.4) is 0 Å².